The zero-order valence-electron chi connectivity index (χ0n) is 11.8. The zero-order chi connectivity index (χ0) is 15.1. The molecule has 0 aliphatic rings. The van der Waals surface area contributed by atoms with Gasteiger partial charge in [0.2, 0.25) is 0 Å². The molecule has 20 heavy (non-hydrogen) atoms. The molecule has 110 valence electrons. The first kappa shape index (κ1) is 16.0. The number of aromatic carboxylic acids is 1. The molecule has 0 unspecified atom stereocenters. The van der Waals surface area contributed by atoms with E-state index in [2.05, 4.69) is 0 Å². The summed E-state index contributed by atoms with van der Waals surface area (Å²) >= 11 is 0. The fourth-order valence-electron chi connectivity index (χ4n) is 2.11. The summed E-state index contributed by atoms with van der Waals surface area (Å²) in [6.07, 6.45) is 2.98. The minimum absolute atomic E-state index is 0.222. The SMILES string of the molecule is CCCc1cc(C(=O)O)cc(CCC)c1OCC(=O)O. The second kappa shape index (κ2) is 7.53. The Morgan fingerprint density at radius 1 is 1.05 bits per heavy atom. The number of carboxylic acids is 2. The average molecular weight is 280 g/mol. The van der Waals surface area contributed by atoms with Crippen LogP contribution in [0.2, 0.25) is 0 Å². The number of ether oxygens (including phenoxy) is 1. The van der Waals surface area contributed by atoms with Crippen LogP contribution < -0.4 is 4.74 Å². The minimum Gasteiger partial charge on any atom is -0.481 e. The summed E-state index contributed by atoms with van der Waals surface area (Å²) < 4.78 is 5.38. The van der Waals surface area contributed by atoms with E-state index in [0.717, 1.165) is 24.0 Å². The molecule has 2 N–H and O–H groups in total. The van der Waals surface area contributed by atoms with E-state index in [9.17, 15) is 9.59 Å². The summed E-state index contributed by atoms with van der Waals surface area (Å²) in [5.41, 5.74) is 1.74. The van der Waals surface area contributed by atoms with E-state index in [1.807, 2.05) is 13.8 Å². The molecule has 0 aliphatic carbocycles. The van der Waals surface area contributed by atoms with Crippen molar-refractivity contribution >= 4 is 11.9 Å². The second-order valence-corrected chi connectivity index (χ2v) is 4.61. The third-order valence-electron chi connectivity index (χ3n) is 2.87. The number of rotatable bonds is 8. The van der Waals surface area contributed by atoms with Crippen LogP contribution in [0.4, 0.5) is 0 Å². The molecule has 0 fully saturated rings. The summed E-state index contributed by atoms with van der Waals surface area (Å²) in [5.74, 6) is -1.50. The van der Waals surface area contributed by atoms with Crippen molar-refractivity contribution in [1.82, 2.24) is 0 Å². The lowest BCUT2D eigenvalue weighted by Gasteiger charge is -2.15. The predicted molar refractivity (Wildman–Crippen MR) is 74.5 cm³/mol. The molecule has 0 saturated heterocycles. The standard InChI is InChI=1S/C15H20O5/c1-3-5-10-7-12(15(18)19)8-11(6-4-2)14(10)20-9-13(16)17/h7-8H,3-6,9H2,1-2H3,(H,16,17)(H,18,19). The molecule has 0 heterocycles. The highest BCUT2D eigenvalue weighted by atomic mass is 16.5. The van der Waals surface area contributed by atoms with E-state index in [4.69, 9.17) is 14.9 Å². The van der Waals surface area contributed by atoms with Crippen LogP contribution in [-0.2, 0) is 17.6 Å². The van der Waals surface area contributed by atoms with Crippen LogP contribution >= 0.6 is 0 Å². The van der Waals surface area contributed by atoms with Crippen molar-refractivity contribution in [3.8, 4) is 5.75 Å². The lowest BCUT2D eigenvalue weighted by molar-refractivity contribution is -0.139. The van der Waals surface area contributed by atoms with Gasteiger partial charge >= 0.3 is 11.9 Å². The lowest BCUT2D eigenvalue weighted by atomic mass is 9.98. The van der Waals surface area contributed by atoms with Crippen molar-refractivity contribution in [2.24, 2.45) is 0 Å². The zero-order valence-corrected chi connectivity index (χ0v) is 11.8. The molecule has 0 aromatic heterocycles. The Balaban J connectivity index is 3.25. The number of carbonyl (C=O) groups is 2. The molecule has 1 rings (SSSR count). The normalized spacial score (nSPS) is 10.3. The Labute approximate surface area is 118 Å². The molecule has 5 heteroatoms. The predicted octanol–water partition coefficient (Wildman–Crippen LogP) is 2.75. The number of hydrogen-bond donors (Lipinski definition) is 2. The van der Waals surface area contributed by atoms with E-state index in [-0.39, 0.29) is 5.56 Å². The quantitative estimate of drug-likeness (QED) is 0.765. The Hall–Kier alpha value is -2.04. The molecule has 0 amide bonds. The first-order valence-corrected chi connectivity index (χ1v) is 6.73. The maximum atomic E-state index is 11.2. The Bertz CT molecular complexity index is 466. The summed E-state index contributed by atoms with van der Waals surface area (Å²) in [6, 6.07) is 3.14. The summed E-state index contributed by atoms with van der Waals surface area (Å²) in [6.45, 7) is 3.54. The van der Waals surface area contributed by atoms with Gasteiger partial charge in [0.15, 0.2) is 6.61 Å². The van der Waals surface area contributed by atoms with Gasteiger partial charge in [-0.3, -0.25) is 0 Å². The van der Waals surface area contributed by atoms with Crippen LogP contribution in [0, 0.1) is 0 Å². The molecule has 0 saturated carbocycles. The number of carboxylic acid groups (broad SMARTS) is 2. The van der Waals surface area contributed by atoms with Gasteiger partial charge in [-0.15, -0.1) is 0 Å². The molecular formula is C15H20O5. The van der Waals surface area contributed by atoms with Gasteiger partial charge < -0.3 is 14.9 Å². The van der Waals surface area contributed by atoms with Gasteiger partial charge in [-0.2, -0.15) is 0 Å². The van der Waals surface area contributed by atoms with E-state index in [0.29, 0.717) is 18.6 Å². The highest BCUT2D eigenvalue weighted by Gasteiger charge is 2.15. The smallest absolute Gasteiger partial charge is 0.341 e. The van der Waals surface area contributed by atoms with Crippen LogP contribution in [-0.4, -0.2) is 28.8 Å². The molecule has 0 bridgehead atoms. The van der Waals surface area contributed by atoms with Crippen LogP contribution in [0.1, 0.15) is 48.2 Å². The molecule has 1 aromatic carbocycles. The van der Waals surface area contributed by atoms with Gasteiger partial charge in [-0.1, -0.05) is 26.7 Å². The monoisotopic (exact) mass is 280 g/mol. The van der Waals surface area contributed by atoms with Crippen molar-refractivity contribution in [3.05, 3.63) is 28.8 Å². The Kier molecular flexibility index (Phi) is 6.03. The van der Waals surface area contributed by atoms with E-state index in [1.54, 1.807) is 12.1 Å². The van der Waals surface area contributed by atoms with Gasteiger partial charge in [0.05, 0.1) is 5.56 Å². The molecule has 5 nitrogen and oxygen atoms in total. The van der Waals surface area contributed by atoms with Crippen molar-refractivity contribution in [2.45, 2.75) is 39.5 Å². The largest absolute Gasteiger partial charge is 0.481 e. The molecule has 0 radical (unpaired) electrons. The summed E-state index contributed by atoms with van der Waals surface area (Å²) in [7, 11) is 0. The maximum absolute atomic E-state index is 11.2. The lowest BCUT2D eigenvalue weighted by Crippen LogP contribution is -2.13. The third-order valence-corrected chi connectivity index (χ3v) is 2.87. The van der Waals surface area contributed by atoms with E-state index in [1.165, 1.54) is 0 Å². The number of aryl methyl sites for hydroxylation is 2. The van der Waals surface area contributed by atoms with Crippen molar-refractivity contribution < 1.29 is 24.5 Å². The van der Waals surface area contributed by atoms with Crippen molar-refractivity contribution in [2.75, 3.05) is 6.61 Å². The molecule has 0 atom stereocenters. The fourth-order valence-corrected chi connectivity index (χ4v) is 2.11. The first-order chi connectivity index (χ1) is 9.49. The van der Waals surface area contributed by atoms with Gasteiger partial charge in [-0.25, -0.2) is 9.59 Å². The van der Waals surface area contributed by atoms with Gasteiger partial charge in [0.25, 0.3) is 0 Å². The average Bonchev–Trinajstić information content (AvgIpc) is 2.37. The first-order valence-electron chi connectivity index (χ1n) is 6.73. The number of benzene rings is 1. The number of aliphatic carboxylic acids is 1. The van der Waals surface area contributed by atoms with Gasteiger partial charge in [0.1, 0.15) is 5.75 Å². The molecule has 1 aromatic rings. The van der Waals surface area contributed by atoms with Crippen LogP contribution in [0.5, 0.6) is 5.75 Å². The second-order valence-electron chi connectivity index (χ2n) is 4.61. The number of hydrogen-bond acceptors (Lipinski definition) is 3. The molecule has 0 spiro atoms. The maximum Gasteiger partial charge on any atom is 0.341 e. The van der Waals surface area contributed by atoms with Gasteiger partial charge in [-0.05, 0) is 36.1 Å². The van der Waals surface area contributed by atoms with Crippen LogP contribution in [0.3, 0.4) is 0 Å². The fraction of sp³-hybridized carbons (Fsp3) is 0.467. The molecule has 0 aliphatic heterocycles. The topological polar surface area (TPSA) is 83.8 Å². The van der Waals surface area contributed by atoms with Crippen molar-refractivity contribution in [1.29, 1.82) is 0 Å². The highest BCUT2D eigenvalue weighted by molar-refractivity contribution is 5.88. The van der Waals surface area contributed by atoms with Crippen LogP contribution in [0.15, 0.2) is 12.1 Å². The highest BCUT2D eigenvalue weighted by Crippen LogP contribution is 2.29. The van der Waals surface area contributed by atoms with Crippen molar-refractivity contribution in [3.63, 3.8) is 0 Å². The third kappa shape index (κ3) is 4.26. The van der Waals surface area contributed by atoms with E-state index >= 15 is 0 Å². The Morgan fingerprint density at radius 3 is 1.90 bits per heavy atom. The van der Waals surface area contributed by atoms with E-state index < -0.39 is 18.5 Å². The Morgan fingerprint density at radius 2 is 1.55 bits per heavy atom. The molecular weight excluding hydrogens is 260 g/mol. The van der Waals surface area contributed by atoms with Crippen LogP contribution in [0.25, 0.3) is 0 Å². The summed E-state index contributed by atoms with van der Waals surface area (Å²) in [4.78, 5) is 21.8. The minimum atomic E-state index is -1.04. The van der Waals surface area contributed by atoms with Gasteiger partial charge in [0, 0.05) is 0 Å². The summed E-state index contributed by atoms with van der Waals surface area (Å²) in [5, 5.41) is 17.9.